The highest BCUT2D eigenvalue weighted by Crippen LogP contribution is 2.41. The fraction of sp³-hybridized carbons (Fsp3) is 0.353. The summed E-state index contributed by atoms with van der Waals surface area (Å²) in [4.78, 5) is 28.0. The van der Waals surface area contributed by atoms with Gasteiger partial charge in [-0.15, -0.1) is 0 Å². The van der Waals surface area contributed by atoms with E-state index in [0.717, 1.165) is 11.1 Å². The fourth-order valence-corrected chi connectivity index (χ4v) is 3.54. The van der Waals surface area contributed by atoms with E-state index in [0.29, 0.717) is 23.0 Å². The number of carbonyl (C=O) groups is 2. The first-order valence-electron chi connectivity index (χ1n) is 7.39. The summed E-state index contributed by atoms with van der Waals surface area (Å²) >= 11 is 1.34. The summed E-state index contributed by atoms with van der Waals surface area (Å²) in [6.45, 7) is 7.29. The summed E-state index contributed by atoms with van der Waals surface area (Å²) in [5.41, 5.74) is 3.20. The molecular weight excluding hydrogens is 312 g/mol. The standard InChI is InChI=1S/C17H20N2O3S/c1-5-22-16(21)14-11(3)18-17(19-12(4)20)23-15(14)13-8-6-10(2)7-9-13/h6-9,15H,5H2,1-4H3,(H,18,19,20). The molecule has 0 aliphatic carbocycles. The number of allylic oxidation sites excluding steroid dienone is 1. The minimum absolute atomic E-state index is 0.189. The van der Waals surface area contributed by atoms with Crippen molar-refractivity contribution in [2.45, 2.75) is 32.9 Å². The van der Waals surface area contributed by atoms with Crippen molar-refractivity contribution in [3.8, 4) is 0 Å². The van der Waals surface area contributed by atoms with Crippen LogP contribution in [0.2, 0.25) is 0 Å². The number of ether oxygens (including phenoxy) is 1. The lowest BCUT2D eigenvalue weighted by atomic mass is 10.0. The topological polar surface area (TPSA) is 67.8 Å². The molecule has 6 heteroatoms. The van der Waals surface area contributed by atoms with Crippen molar-refractivity contribution in [1.29, 1.82) is 0 Å². The van der Waals surface area contributed by atoms with Crippen LogP contribution in [-0.4, -0.2) is 23.7 Å². The lowest BCUT2D eigenvalue weighted by Gasteiger charge is -2.25. The van der Waals surface area contributed by atoms with Crippen molar-refractivity contribution < 1.29 is 14.3 Å². The number of rotatable bonds is 3. The first-order chi connectivity index (χ1) is 10.9. The van der Waals surface area contributed by atoms with E-state index < -0.39 is 0 Å². The minimum Gasteiger partial charge on any atom is -0.463 e. The fourth-order valence-electron chi connectivity index (χ4n) is 2.25. The Balaban J connectivity index is 2.44. The van der Waals surface area contributed by atoms with Crippen LogP contribution in [-0.2, 0) is 14.3 Å². The summed E-state index contributed by atoms with van der Waals surface area (Å²) in [5, 5.41) is 2.94. The molecule has 0 saturated heterocycles. The second kappa shape index (κ2) is 7.46. The number of esters is 1. The molecule has 5 nitrogen and oxygen atoms in total. The SMILES string of the molecule is CCOC(=O)C1=C(C)N=C(NC(C)=O)SC1c1ccc(C)cc1. The Kier molecular flexibility index (Phi) is 5.60. The molecule has 23 heavy (non-hydrogen) atoms. The molecule has 0 saturated carbocycles. The Morgan fingerprint density at radius 3 is 2.48 bits per heavy atom. The number of amides is 1. The summed E-state index contributed by atoms with van der Waals surface area (Å²) in [5.74, 6) is -0.556. The van der Waals surface area contributed by atoms with Gasteiger partial charge in [0.05, 0.1) is 23.1 Å². The van der Waals surface area contributed by atoms with Crippen LogP contribution in [0.15, 0.2) is 40.5 Å². The van der Waals surface area contributed by atoms with E-state index in [4.69, 9.17) is 4.74 Å². The molecule has 1 aliphatic rings. The average molecular weight is 332 g/mol. The monoisotopic (exact) mass is 332 g/mol. The molecule has 2 rings (SSSR count). The second-order valence-electron chi connectivity index (χ2n) is 5.23. The number of nitrogens with one attached hydrogen (secondary N) is 1. The number of hydrogen-bond acceptors (Lipinski definition) is 5. The van der Waals surface area contributed by atoms with Gasteiger partial charge in [0.1, 0.15) is 0 Å². The third kappa shape index (κ3) is 4.22. The lowest BCUT2D eigenvalue weighted by Crippen LogP contribution is -2.30. The Bertz CT molecular complexity index is 678. The van der Waals surface area contributed by atoms with Crippen LogP contribution in [0, 0.1) is 6.92 Å². The Morgan fingerprint density at radius 2 is 1.91 bits per heavy atom. The molecule has 0 radical (unpaired) electrons. The van der Waals surface area contributed by atoms with E-state index in [1.807, 2.05) is 31.2 Å². The van der Waals surface area contributed by atoms with Gasteiger partial charge in [0, 0.05) is 6.92 Å². The van der Waals surface area contributed by atoms with Gasteiger partial charge in [-0.2, -0.15) is 0 Å². The van der Waals surface area contributed by atoms with Crippen LogP contribution >= 0.6 is 11.8 Å². The summed E-state index contributed by atoms with van der Waals surface area (Å²) in [7, 11) is 0. The largest absolute Gasteiger partial charge is 0.463 e. The number of hydrogen-bond donors (Lipinski definition) is 1. The maximum atomic E-state index is 12.3. The Morgan fingerprint density at radius 1 is 1.26 bits per heavy atom. The zero-order valence-corrected chi connectivity index (χ0v) is 14.5. The molecule has 1 aromatic carbocycles. The van der Waals surface area contributed by atoms with E-state index >= 15 is 0 Å². The Labute approximate surface area is 140 Å². The highest BCUT2D eigenvalue weighted by atomic mass is 32.2. The summed E-state index contributed by atoms with van der Waals surface area (Å²) in [6, 6.07) is 7.96. The number of nitrogens with zero attached hydrogens (tertiary/aromatic N) is 1. The van der Waals surface area contributed by atoms with Crippen molar-refractivity contribution in [3.63, 3.8) is 0 Å². The first-order valence-corrected chi connectivity index (χ1v) is 8.27. The predicted molar refractivity (Wildman–Crippen MR) is 92.1 cm³/mol. The van der Waals surface area contributed by atoms with Gasteiger partial charge in [-0.1, -0.05) is 41.6 Å². The maximum absolute atomic E-state index is 12.3. The molecule has 1 N–H and O–H groups in total. The van der Waals surface area contributed by atoms with Crippen LogP contribution < -0.4 is 5.32 Å². The summed E-state index contributed by atoms with van der Waals surface area (Å²) < 4.78 is 5.18. The van der Waals surface area contributed by atoms with E-state index in [1.165, 1.54) is 18.7 Å². The van der Waals surface area contributed by atoms with Crippen LogP contribution in [0.4, 0.5) is 0 Å². The van der Waals surface area contributed by atoms with Crippen molar-refractivity contribution in [2.24, 2.45) is 4.99 Å². The van der Waals surface area contributed by atoms with Crippen LogP contribution in [0.1, 0.15) is 37.1 Å². The number of amidine groups is 1. The summed E-state index contributed by atoms with van der Waals surface area (Å²) in [6.07, 6.45) is 0. The molecule has 1 unspecified atom stereocenters. The smallest absolute Gasteiger partial charge is 0.337 e. The molecule has 1 aromatic rings. The molecule has 0 spiro atoms. The zero-order valence-electron chi connectivity index (χ0n) is 13.7. The minimum atomic E-state index is -0.367. The number of aryl methyl sites for hydroxylation is 1. The van der Waals surface area contributed by atoms with Gasteiger partial charge in [-0.25, -0.2) is 9.79 Å². The predicted octanol–water partition coefficient (Wildman–Crippen LogP) is 3.11. The molecule has 1 heterocycles. The molecular formula is C17H20N2O3S. The van der Waals surface area contributed by atoms with Crippen molar-refractivity contribution in [3.05, 3.63) is 46.7 Å². The van der Waals surface area contributed by atoms with Crippen LogP contribution in [0.3, 0.4) is 0 Å². The normalized spacial score (nSPS) is 17.6. The second-order valence-corrected chi connectivity index (χ2v) is 6.32. The van der Waals surface area contributed by atoms with Gasteiger partial charge >= 0.3 is 5.97 Å². The maximum Gasteiger partial charge on any atom is 0.337 e. The number of benzene rings is 1. The molecule has 1 amide bonds. The molecule has 122 valence electrons. The highest BCUT2D eigenvalue weighted by Gasteiger charge is 2.32. The van der Waals surface area contributed by atoms with Gasteiger partial charge < -0.3 is 10.1 Å². The van der Waals surface area contributed by atoms with Crippen molar-refractivity contribution in [1.82, 2.24) is 5.32 Å². The first kappa shape index (κ1) is 17.3. The number of carbonyl (C=O) groups excluding carboxylic acids is 2. The van der Waals surface area contributed by atoms with E-state index in [1.54, 1.807) is 13.8 Å². The van der Waals surface area contributed by atoms with Gasteiger partial charge in [0.25, 0.3) is 0 Å². The van der Waals surface area contributed by atoms with Crippen LogP contribution in [0.5, 0.6) is 0 Å². The van der Waals surface area contributed by atoms with Gasteiger partial charge in [0.15, 0.2) is 5.17 Å². The van der Waals surface area contributed by atoms with Crippen molar-refractivity contribution in [2.75, 3.05) is 6.61 Å². The van der Waals surface area contributed by atoms with E-state index in [-0.39, 0.29) is 17.1 Å². The number of aliphatic imine (C=N–C) groups is 1. The van der Waals surface area contributed by atoms with E-state index in [9.17, 15) is 9.59 Å². The third-order valence-electron chi connectivity index (χ3n) is 3.31. The van der Waals surface area contributed by atoms with Crippen molar-refractivity contribution >= 4 is 28.8 Å². The van der Waals surface area contributed by atoms with Gasteiger partial charge in [0.2, 0.25) is 5.91 Å². The lowest BCUT2D eigenvalue weighted by molar-refractivity contribution is -0.138. The molecule has 0 aromatic heterocycles. The van der Waals surface area contributed by atoms with Crippen LogP contribution in [0.25, 0.3) is 0 Å². The number of thioether (sulfide) groups is 1. The van der Waals surface area contributed by atoms with Gasteiger partial charge in [-0.05, 0) is 26.3 Å². The highest BCUT2D eigenvalue weighted by molar-refractivity contribution is 8.14. The molecule has 1 aliphatic heterocycles. The average Bonchev–Trinajstić information content (AvgIpc) is 2.46. The molecule has 0 fully saturated rings. The third-order valence-corrected chi connectivity index (χ3v) is 4.47. The Hall–Kier alpha value is -2.08. The quantitative estimate of drug-likeness (QED) is 0.864. The zero-order chi connectivity index (χ0) is 17.0. The molecule has 0 bridgehead atoms. The van der Waals surface area contributed by atoms with E-state index in [2.05, 4.69) is 10.3 Å². The molecule has 1 atom stereocenters. The van der Waals surface area contributed by atoms with Gasteiger partial charge in [-0.3, -0.25) is 4.79 Å².